The van der Waals surface area contributed by atoms with Crippen LogP contribution in [0, 0.1) is 20.8 Å². The van der Waals surface area contributed by atoms with Gasteiger partial charge in [0.05, 0.1) is 17.1 Å². The molecule has 3 aromatic rings. The van der Waals surface area contributed by atoms with Gasteiger partial charge in [0, 0.05) is 48.2 Å². The van der Waals surface area contributed by atoms with E-state index in [4.69, 9.17) is 10.9 Å². The summed E-state index contributed by atoms with van der Waals surface area (Å²) < 4.78 is 0. The third-order valence-electron chi connectivity index (χ3n) is 5.61. The molecule has 0 saturated carbocycles. The van der Waals surface area contributed by atoms with E-state index >= 15 is 0 Å². The standard InChI is InChI=1S/C22H27N9O5/c1-10-13(28-9-32)6-25-18(10)21(34)30-15-8-27-19(12(15)3)22(35)29-14-7-26-17(11(14)2)20(33)24-5-4-16(23)31-36/h6-9,25-27,36H,4-5H2,1-3H3,(H2,23,31)(H,24,33)(H,28,32)(H,29,35)(H,30,34). The van der Waals surface area contributed by atoms with Gasteiger partial charge in [-0.15, -0.1) is 0 Å². The zero-order chi connectivity index (χ0) is 26.4. The van der Waals surface area contributed by atoms with Crippen molar-refractivity contribution < 1.29 is 24.4 Å². The van der Waals surface area contributed by atoms with Crippen molar-refractivity contribution in [3.8, 4) is 0 Å². The molecule has 3 aromatic heterocycles. The smallest absolute Gasteiger partial charge is 0.272 e. The van der Waals surface area contributed by atoms with E-state index in [9.17, 15) is 19.2 Å². The van der Waals surface area contributed by atoms with Crippen LogP contribution >= 0.6 is 0 Å². The quantitative estimate of drug-likeness (QED) is 0.0663. The fourth-order valence-corrected chi connectivity index (χ4v) is 3.48. The average Bonchev–Trinajstić information content (AvgIpc) is 3.51. The van der Waals surface area contributed by atoms with Crippen LogP contribution in [-0.2, 0) is 4.79 Å². The molecule has 4 amide bonds. The number of H-pyrrole nitrogens is 3. The van der Waals surface area contributed by atoms with E-state index in [0.717, 1.165) is 0 Å². The second-order valence-electron chi connectivity index (χ2n) is 7.87. The number of nitrogens with zero attached hydrogens (tertiary/aromatic N) is 1. The fourth-order valence-electron chi connectivity index (χ4n) is 3.48. The molecule has 36 heavy (non-hydrogen) atoms. The van der Waals surface area contributed by atoms with Crippen molar-refractivity contribution in [2.45, 2.75) is 27.2 Å². The van der Waals surface area contributed by atoms with Crippen LogP contribution in [-0.4, -0.2) is 56.7 Å². The summed E-state index contributed by atoms with van der Waals surface area (Å²) >= 11 is 0. The maximum Gasteiger partial charge on any atom is 0.272 e. The van der Waals surface area contributed by atoms with E-state index in [1.165, 1.54) is 18.6 Å². The van der Waals surface area contributed by atoms with Crippen LogP contribution in [0.5, 0.6) is 0 Å². The number of anilines is 3. The Balaban J connectivity index is 1.66. The maximum atomic E-state index is 12.9. The second-order valence-corrected chi connectivity index (χ2v) is 7.87. The molecule has 0 spiro atoms. The molecule has 0 atom stereocenters. The Hall–Kier alpha value is -5.01. The molecular weight excluding hydrogens is 470 g/mol. The number of aromatic nitrogens is 3. The van der Waals surface area contributed by atoms with E-state index in [0.29, 0.717) is 40.2 Å². The van der Waals surface area contributed by atoms with Gasteiger partial charge in [-0.25, -0.2) is 0 Å². The minimum atomic E-state index is -0.470. The molecule has 0 bridgehead atoms. The summed E-state index contributed by atoms with van der Waals surface area (Å²) in [6.45, 7) is 5.20. The lowest BCUT2D eigenvalue weighted by Crippen LogP contribution is -2.28. The Labute approximate surface area is 205 Å². The van der Waals surface area contributed by atoms with E-state index in [-0.39, 0.29) is 35.9 Å². The number of hydrogen-bond donors (Lipinski definition) is 9. The molecule has 14 heteroatoms. The van der Waals surface area contributed by atoms with Gasteiger partial charge >= 0.3 is 0 Å². The van der Waals surface area contributed by atoms with Crippen molar-refractivity contribution >= 4 is 47.0 Å². The van der Waals surface area contributed by atoms with Crippen LogP contribution in [0.2, 0.25) is 0 Å². The first kappa shape index (κ1) is 25.6. The molecule has 3 rings (SSSR count). The van der Waals surface area contributed by atoms with Gasteiger partial charge in [-0.05, 0) is 20.8 Å². The van der Waals surface area contributed by atoms with Crippen molar-refractivity contribution in [1.82, 2.24) is 20.3 Å². The number of carbonyl (C=O) groups excluding carboxylic acids is 4. The first-order chi connectivity index (χ1) is 17.2. The molecule has 0 fully saturated rings. The van der Waals surface area contributed by atoms with E-state index < -0.39 is 17.7 Å². The molecule has 14 nitrogen and oxygen atoms in total. The molecule has 0 aliphatic carbocycles. The zero-order valence-electron chi connectivity index (χ0n) is 19.8. The molecule has 0 radical (unpaired) electrons. The van der Waals surface area contributed by atoms with Crippen molar-refractivity contribution in [3.05, 3.63) is 52.4 Å². The molecular formula is C22H27N9O5. The van der Waals surface area contributed by atoms with Crippen LogP contribution in [0.1, 0.15) is 54.6 Å². The molecule has 0 aliphatic heterocycles. The van der Waals surface area contributed by atoms with E-state index in [2.05, 4.69) is 41.4 Å². The Morgan fingerprint density at radius 2 is 1.31 bits per heavy atom. The Morgan fingerprint density at radius 3 is 1.78 bits per heavy atom. The summed E-state index contributed by atoms with van der Waals surface area (Å²) in [6, 6.07) is 0. The Bertz CT molecular complexity index is 1330. The lowest BCUT2D eigenvalue weighted by molar-refractivity contribution is -0.105. The summed E-state index contributed by atoms with van der Waals surface area (Å²) in [5.74, 6) is -1.33. The number of carbonyl (C=O) groups is 4. The van der Waals surface area contributed by atoms with Gasteiger partial charge in [0.2, 0.25) is 6.41 Å². The number of nitrogens with two attached hydrogens (primary N) is 1. The lowest BCUT2D eigenvalue weighted by Gasteiger charge is -2.07. The molecule has 0 aliphatic rings. The van der Waals surface area contributed by atoms with Crippen molar-refractivity contribution in [1.29, 1.82) is 0 Å². The third-order valence-corrected chi connectivity index (χ3v) is 5.61. The van der Waals surface area contributed by atoms with Crippen LogP contribution in [0.3, 0.4) is 0 Å². The number of rotatable bonds is 10. The van der Waals surface area contributed by atoms with Gasteiger partial charge < -0.3 is 47.2 Å². The number of amidine groups is 1. The van der Waals surface area contributed by atoms with Crippen LogP contribution in [0.15, 0.2) is 23.7 Å². The van der Waals surface area contributed by atoms with Gasteiger partial charge in [-0.1, -0.05) is 5.16 Å². The van der Waals surface area contributed by atoms with Crippen LogP contribution < -0.4 is 27.0 Å². The van der Waals surface area contributed by atoms with Crippen molar-refractivity contribution in [3.63, 3.8) is 0 Å². The summed E-state index contributed by atoms with van der Waals surface area (Å²) in [7, 11) is 0. The molecule has 0 unspecified atom stereocenters. The first-order valence-electron chi connectivity index (χ1n) is 10.8. The average molecular weight is 498 g/mol. The first-order valence-corrected chi connectivity index (χ1v) is 10.8. The predicted molar refractivity (Wildman–Crippen MR) is 133 cm³/mol. The molecule has 0 saturated heterocycles. The number of oxime groups is 1. The molecule has 190 valence electrons. The summed E-state index contributed by atoms with van der Waals surface area (Å²) in [5.41, 5.74) is 9.01. The zero-order valence-corrected chi connectivity index (χ0v) is 19.8. The van der Waals surface area contributed by atoms with Gasteiger partial charge in [0.25, 0.3) is 17.7 Å². The highest BCUT2D eigenvalue weighted by molar-refractivity contribution is 6.09. The largest absolute Gasteiger partial charge is 0.409 e. The third kappa shape index (κ3) is 5.38. The molecule has 10 N–H and O–H groups in total. The lowest BCUT2D eigenvalue weighted by atomic mass is 10.2. The topological polar surface area (TPSA) is 222 Å². The summed E-state index contributed by atoms with van der Waals surface area (Å²) in [4.78, 5) is 57.1. The van der Waals surface area contributed by atoms with Crippen LogP contribution in [0.25, 0.3) is 0 Å². The number of aromatic amines is 3. The summed E-state index contributed by atoms with van der Waals surface area (Å²) in [6.07, 6.45) is 5.19. The monoisotopic (exact) mass is 497 g/mol. The Morgan fingerprint density at radius 1 is 0.861 bits per heavy atom. The van der Waals surface area contributed by atoms with E-state index in [1.807, 2.05) is 0 Å². The van der Waals surface area contributed by atoms with Gasteiger partial charge in [-0.3, -0.25) is 19.2 Å². The van der Waals surface area contributed by atoms with Gasteiger partial charge in [-0.2, -0.15) is 0 Å². The molecule has 3 heterocycles. The minimum absolute atomic E-state index is 0.00831. The van der Waals surface area contributed by atoms with Crippen molar-refractivity contribution in [2.24, 2.45) is 10.9 Å². The Kier molecular flexibility index (Phi) is 7.79. The highest BCUT2D eigenvalue weighted by Crippen LogP contribution is 2.24. The van der Waals surface area contributed by atoms with Gasteiger partial charge in [0.15, 0.2) is 0 Å². The highest BCUT2D eigenvalue weighted by atomic mass is 16.4. The second kappa shape index (κ2) is 10.9. The predicted octanol–water partition coefficient (Wildman–Crippen LogP) is 1.54. The van der Waals surface area contributed by atoms with Crippen molar-refractivity contribution in [2.75, 3.05) is 22.5 Å². The minimum Gasteiger partial charge on any atom is -0.409 e. The normalized spacial score (nSPS) is 11.1. The van der Waals surface area contributed by atoms with E-state index in [1.54, 1.807) is 20.8 Å². The number of hydrogen-bond acceptors (Lipinski definition) is 6. The highest BCUT2D eigenvalue weighted by Gasteiger charge is 2.21. The SMILES string of the molecule is Cc1c(NC=O)c[nH]c1C(=O)Nc1c[nH]c(C(=O)Nc2c[nH]c(C(=O)NCCC(N)=NO)c2C)c1C. The van der Waals surface area contributed by atoms with Gasteiger partial charge in [0.1, 0.15) is 22.9 Å². The molecule has 0 aromatic carbocycles. The number of amides is 4. The fraction of sp³-hybridized carbons (Fsp3) is 0.227. The summed E-state index contributed by atoms with van der Waals surface area (Å²) in [5, 5.41) is 22.0. The maximum absolute atomic E-state index is 12.9. The number of nitrogens with one attached hydrogen (secondary N) is 7. The van der Waals surface area contributed by atoms with Crippen LogP contribution in [0.4, 0.5) is 17.1 Å².